The van der Waals surface area contributed by atoms with Crippen molar-refractivity contribution in [3.63, 3.8) is 0 Å². The third-order valence-electron chi connectivity index (χ3n) is 4.73. The number of esters is 1. The number of halogens is 1. The Morgan fingerprint density at radius 2 is 2.00 bits per heavy atom. The molecular formula is C22H28ClN3O3. The van der Waals surface area contributed by atoms with Crippen molar-refractivity contribution >= 4 is 23.4 Å². The summed E-state index contributed by atoms with van der Waals surface area (Å²) >= 11 is 5.88. The van der Waals surface area contributed by atoms with Gasteiger partial charge in [0.1, 0.15) is 23.3 Å². The summed E-state index contributed by atoms with van der Waals surface area (Å²) in [6.45, 7) is 9.29. The molecule has 3 rings (SSSR count). The van der Waals surface area contributed by atoms with Gasteiger partial charge in [-0.3, -0.25) is 4.79 Å². The Bertz CT molecular complexity index is 836. The lowest BCUT2D eigenvalue weighted by atomic mass is 9.98. The number of hydrogen-bond acceptors (Lipinski definition) is 6. The van der Waals surface area contributed by atoms with E-state index in [1.165, 1.54) is 0 Å². The number of carbonyl (C=O) groups excluding carboxylic acids is 1. The van der Waals surface area contributed by atoms with Crippen LogP contribution in [0.5, 0.6) is 5.75 Å². The summed E-state index contributed by atoms with van der Waals surface area (Å²) in [5, 5.41) is 0.253. The number of ether oxygens (including phenoxy) is 2. The molecule has 1 fully saturated rings. The van der Waals surface area contributed by atoms with E-state index in [9.17, 15) is 4.79 Å². The quantitative estimate of drug-likeness (QED) is 0.504. The van der Waals surface area contributed by atoms with Gasteiger partial charge in [-0.1, -0.05) is 19.1 Å². The molecule has 1 aromatic carbocycles. The first-order valence-corrected chi connectivity index (χ1v) is 10.3. The summed E-state index contributed by atoms with van der Waals surface area (Å²) in [5.74, 6) is 1.55. The van der Waals surface area contributed by atoms with Crippen molar-refractivity contribution in [2.45, 2.75) is 58.2 Å². The van der Waals surface area contributed by atoms with E-state index in [1.807, 2.05) is 58.0 Å². The predicted molar refractivity (Wildman–Crippen MR) is 114 cm³/mol. The van der Waals surface area contributed by atoms with E-state index in [0.717, 1.165) is 36.6 Å². The molecular weight excluding hydrogens is 390 g/mol. The Morgan fingerprint density at radius 1 is 1.28 bits per heavy atom. The maximum atomic E-state index is 12.0. The average Bonchev–Trinajstić information content (AvgIpc) is 3.09. The molecule has 7 heteroatoms. The van der Waals surface area contributed by atoms with Gasteiger partial charge in [-0.05, 0) is 62.1 Å². The topological polar surface area (TPSA) is 64.6 Å². The van der Waals surface area contributed by atoms with Gasteiger partial charge in [0.05, 0.1) is 13.0 Å². The first-order chi connectivity index (χ1) is 13.7. The zero-order valence-corrected chi connectivity index (χ0v) is 18.1. The molecule has 1 aliphatic heterocycles. The number of hydrogen-bond donors (Lipinski definition) is 0. The molecule has 2 heterocycles. The number of nitrogens with zero attached hydrogens (tertiary/aromatic N) is 3. The van der Waals surface area contributed by atoms with Crippen LogP contribution in [0.2, 0.25) is 5.28 Å². The molecule has 0 saturated carbocycles. The largest absolute Gasteiger partial charge is 0.489 e. The third kappa shape index (κ3) is 6.32. The highest BCUT2D eigenvalue weighted by molar-refractivity contribution is 6.28. The Hall–Kier alpha value is -2.34. The minimum atomic E-state index is -0.458. The molecule has 1 aliphatic rings. The van der Waals surface area contributed by atoms with Crippen molar-refractivity contribution < 1.29 is 14.3 Å². The highest BCUT2D eigenvalue weighted by Gasteiger charge is 2.25. The van der Waals surface area contributed by atoms with Gasteiger partial charge in [0.25, 0.3) is 0 Å². The number of benzene rings is 1. The molecule has 1 saturated heterocycles. The highest BCUT2D eigenvalue weighted by atomic mass is 35.5. The summed E-state index contributed by atoms with van der Waals surface area (Å²) in [4.78, 5) is 22.4. The summed E-state index contributed by atoms with van der Waals surface area (Å²) in [6.07, 6.45) is 3.03. The van der Waals surface area contributed by atoms with Gasteiger partial charge in [-0.2, -0.15) is 0 Å². The van der Waals surface area contributed by atoms with E-state index in [-0.39, 0.29) is 23.3 Å². The average molecular weight is 418 g/mol. The zero-order chi connectivity index (χ0) is 21.0. The lowest BCUT2D eigenvalue weighted by Gasteiger charge is -2.21. The normalized spacial score (nSPS) is 17.8. The molecule has 156 valence electrons. The number of anilines is 1. The first kappa shape index (κ1) is 21.4. The van der Waals surface area contributed by atoms with Gasteiger partial charge in [0, 0.05) is 19.2 Å². The van der Waals surface area contributed by atoms with Crippen LogP contribution in [0.1, 0.15) is 52.0 Å². The number of aromatic nitrogens is 2. The summed E-state index contributed by atoms with van der Waals surface area (Å²) in [7, 11) is 0. The van der Waals surface area contributed by atoms with Crippen LogP contribution in [0.15, 0.2) is 36.5 Å². The van der Waals surface area contributed by atoms with Crippen LogP contribution in [-0.4, -0.2) is 40.7 Å². The van der Waals surface area contributed by atoms with Crippen molar-refractivity contribution in [3.8, 4) is 5.75 Å². The van der Waals surface area contributed by atoms with Crippen LogP contribution < -0.4 is 9.64 Å². The maximum Gasteiger partial charge on any atom is 0.306 e. The molecule has 0 radical (unpaired) electrons. The SMILES string of the molecule is C[C@H](CC(=O)OC(C)(C)C)c1ccc(O[C@@H]2CCN(c3ccnc(Cl)n3)C2)cc1. The molecule has 0 amide bonds. The molecule has 6 nitrogen and oxygen atoms in total. The molecule has 0 aliphatic carbocycles. The van der Waals surface area contributed by atoms with Crippen molar-refractivity contribution in [2.75, 3.05) is 18.0 Å². The van der Waals surface area contributed by atoms with E-state index in [4.69, 9.17) is 21.1 Å². The number of rotatable bonds is 6. The monoisotopic (exact) mass is 417 g/mol. The van der Waals surface area contributed by atoms with Crippen LogP contribution >= 0.6 is 11.6 Å². The first-order valence-electron chi connectivity index (χ1n) is 9.91. The Labute approximate surface area is 177 Å². The van der Waals surface area contributed by atoms with E-state index >= 15 is 0 Å². The van der Waals surface area contributed by atoms with E-state index in [1.54, 1.807) is 6.20 Å². The second-order valence-electron chi connectivity index (χ2n) is 8.42. The summed E-state index contributed by atoms with van der Waals surface area (Å²) in [5.41, 5.74) is 0.632. The Balaban J connectivity index is 1.52. The molecule has 0 unspecified atom stereocenters. The molecule has 2 atom stereocenters. The minimum Gasteiger partial charge on any atom is -0.489 e. The van der Waals surface area contributed by atoms with E-state index < -0.39 is 5.60 Å². The van der Waals surface area contributed by atoms with Crippen LogP contribution in [0, 0.1) is 0 Å². The van der Waals surface area contributed by atoms with Crippen molar-refractivity contribution in [2.24, 2.45) is 0 Å². The van der Waals surface area contributed by atoms with Crippen LogP contribution in [-0.2, 0) is 9.53 Å². The van der Waals surface area contributed by atoms with Gasteiger partial charge in [0.15, 0.2) is 0 Å². The Kier molecular flexibility index (Phi) is 6.63. The van der Waals surface area contributed by atoms with Crippen LogP contribution in [0.3, 0.4) is 0 Å². The Morgan fingerprint density at radius 3 is 2.66 bits per heavy atom. The summed E-state index contributed by atoms with van der Waals surface area (Å²) < 4.78 is 11.5. The predicted octanol–water partition coefficient (Wildman–Crippen LogP) is 4.62. The highest BCUT2D eigenvalue weighted by Crippen LogP contribution is 2.26. The molecule has 2 aromatic rings. The molecule has 0 spiro atoms. The van der Waals surface area contributed by atoms with Gasteiger partial charge in [0.2, 0.25) is 5.28 Å². The van der Waals surface area contributed by atoms with E-state index in [0.29, 0.717) is 6.42 Å². The standard InChI is InChI=1S/C22H28ClN3O3/c1-15(13-20(27)29-22(2,3)4)16-5-7-17(8-6-16)28-18-10-12-26(14-18)19-9-11-24-21(23)25-19/h5-9,11,15,18H,10,12-14H2,1-4H3/t15-,18-/m1/s1. The minimum absolute atomic E-state index is 0.0865. The molecule has 0 bridgehead atoms. The van der Waals surface area contributed by atoms with Crippen molar-refractivity contribution in [1.29, 1.82) is 0 Å². The van der Waals surface area contributed by atoms with Crippen LogP contribution in [0.25, 0.3) is 0 Å². The smallest absolute Gasteiger partial charge is 0.306 e. The maximum absolute atomic E-state index is 12.0. The van der Waals surface area contributed by atoms with Crippen molar-refractivity contribution in [1.82, 2.24) is 9.97 Å². The lowest BCUT2D eigenvalue weighted by molar-refractivity contribution is -0.155. The van der Waals surface area contributed by atoms with Crippen LogP contribution in [0.4, 0.5) is 5.82 Å². The fourth-order valence-corrected chi connectivity index (χ4v) is 3.50. The van der Waals surface area contributed by atoms with Gasteiger partial charge in [-0.15, -0.1) is 0 Å². The van der Waals surface area contributed by atoms with Gasteiger partial charge >= 0.3 is 5.97 Å². The third-order valence-corrected chi connectivity index (χ3v) is 4.91. The molecule has 29 heavy (non-hydrogen) atoms. The lowest BCUT2D eigenvalue weighted by Crippen LogP contribution is -2.25. The second-order valence-corrected chi connectivity index (χ2v) is 8.76. The molecule has 0 N–H and O–H groups in total. The van der Waals surface area contributed by atoms with E-state index in [2.05, 4.69) is 14.9 Å². The van der Waals surface area contributed by atoms with Gasteiger partial charge in [-0.25, -0.2) is 9.97 Å². The summed E-state index contributed by atoms with van der Waals surface area (Å²) in [6, 6.07) is 9.81. The zero-order valence-electron chi connectivity index (χ0n) is 17.4. The second kappa shape index (κ2) is 8.99. The molecule has 1 aromatic heterocycles. The fraction of sp³-hybridized carbons (Fsp3) is 0.500. The fourth-order valence-electron chi connectivity index (χ4n) is 3.35. The number of carbonyl (C=O) groups is 1. The van der Waals surface area contributed by atoms with Crippen molar-refractivity contribution in [3.05, 3.63) is 47.4 Å². The van der Waals surface area contributed by atoms with Gasteiger partial charge < -0.3 is 14.4 Å².